The van der Waals surface area contributed by atoms with Gasteiger partial charge in [-0.3, -0.25) is 9.59 Å². The highest BCUT2D eigenvalue weighted by molar-refractivity contribution is 7.89. The number of H-pyrrole nitrogens is 1. The number of rotatable bonds is 8. The summed E-state index contributed by atoms with van der Waals surface area (Å²) in [5, 5.41) is 12.9. The van der Waals surface area contributed by atoms with Gasteiger partial charge in [0.15, 0.2) is 0 Å². The number of fused-ring (bicyclic) bond motifs is 1. The monoisotopic (exact) mass is 482 g/mol. The van der Waals surface area contributed by atoms with Gasteiger partial charge in [0.25, 0.3) is 5.91 Å². The van der Waals surface area contributed by atoms with E-state index in [4.69, 9.17) is 0 Å². The lowest BCUT2D eigenvalue weighted by Gasteiger charge is -2.15. The third-order valence-corrected chi connectivity index (χ3v) is 6.59. The van der Waals surface area contributed by atoms with E-state index in [0.717, 1.165) is 23.2 Å². The summed E-state index contributed by atoms with van der Waals surface area (Å²) in [4.78, 5) is 30.2. The number of hydrogen-bond donors (Lipinski definition) is 4. The van der Waals surface area contributed by atoms with Gasteiger partial charge in [0, 0.05) is 47.0 Å². The van der Waals surface area contributed by atoms with Crippen molar-refractivity contribution in [1.82, 2.24) is 14.7 Å². The molecule has 4 rings (SSSR count). The number of anilines is 1. The van der Waals surface area contributed by atoms with Gasteiger partial charge in [0.1, 0.15) is 6.04 Å². The zero-order valence-electron chi connectivity index (χ0n) is 17.5. The number of halogens is 1. The molecule has 9 nitrogen and oxygen atoms in total. The Balaban J connectivity index is 1.48. The Morgan fingerprint density at radius 3 is 2.53 bits per heavy atom. The first-order valence-corrected chi connectivity index (χ1v) is 11.5. The molecule has 0 saturated heterocycles. The molecule has 0 aliphatic heterocycles. The van der Waals surface area contributed by atoms with Crippen molar-refractivity contribution in [1.29, 1.82) is 0 Å². The fraction of sp³-hybridized carbons (Fsp3) is 0.0870. The molecule has 11 heteroatoms. The van der Waals surface area contributed by atoms with Gasteiger partial charge >= 0.3 is 5.97 Å². The Morgan fingerprint density at radius 2 is 1.82 bits per heavy atom. The molecule has 34 heavy (non-hydrogen) atoms. The van der Waals surface area contributed by atoms with Crippen LogP contribution in [0, 0.1) is 5.95 Å². The van der Waals surface area contributed by atoms with Crippen molar-refractivity contribution >= 4 is 38.5 Å². The van der Waals surface area contributed by atoms with E-state index >= 15 is 0 Å². The Kier molecular flexibility index (Phi) is 6.39. The summed E-state index contributed by atoms with van der Waals surface area (Å²) < 4.78 is 41.1. The number of para-hydroxylation sites is 1. The van der Waals surface area contributed by atoms with E-state index in [1.807, 2.05) is 24.3 Å². The minimum atomic E-state index is -4.18. The summed E-state index contributed by atoms with van der Waals surface area (Å²) in [7, 11) is -4.18. The number of amides is 1. The standard InChI is InChI=1S/C23H19FN4O5S/c24-21-12-14(9-10-25-21)22(29)27-16-5-7-17(8-6-16)34(32,33)28-20(23(30)31)11-15-13-26-19-4-2-1-3-18(15)19/h1-10,12-13,20,26,28H,11H2,(H,27,29)(H,30,31)/t20-/m1/s1. The number of carbonyl (C=O) groups excluding carboxylic acids is 1. The van der Waals surface area contributed by atoms with Crippen LogP contribution in [0.4, 0.5) is 10.1 Å². The number of carboxylic acids is 1. The minimum Gasteiger partial charge on any atom is -0.480 e. The summed E-state index contributed by atoms with van der Waals surface area (Å²) in [5.41, 5.74) is 1.80. The maximum atomic E-state index is 13.2. The lowest BCUT2D eigenvalue weighted by molar-refractivity contribution is -0.138. The summed E-state index contributed by atoms with van der Waals surface area (Å²) >= 11 is 0. The average molecular weight is 482 g/mol. The highest BCUT2D eigenvalue weighted by Gasteiger charge is 2.26. The lowest BCUT2D eigenvalue weighted by atomic mass is 10.1. The van der Waals surface area contributed by atoms with Gasteiger partial charge in [-0.15, -0.1) is 0 Å². The number of carboxylic acid groups (broad SMARTS) is 1. The van der Waals surface area contributed by atoms with Crippen LogP contribution in [0.2, 0.25) is 0 Å². The van der Waals surface area contributed by atoms with Crippen LogP contribution >= 0.6 is 0 Å². The molecule has 0 aliphatic carbocycles. The van der Waals surface area contributed by atoms with Crippen molar-refractivity contribution < 1.29 is 27.5 Å². The van der Waals surface area contributed by atoms with Gasteiger partial charge in [-0.2, -0.15) is 9.11 Å². The van der Waals surface area contributed by atoms with Crippen LogP contribution < -0.4 is 10.0 Å². The molecule has 4 N–H and O–H groups in total. The van der Waals surface area contributed by atoms with Crippen molar-refractivity contribution in [3.05, 3.63) is 90.1 Å². The molecule has 0 fully saturated rings. The van der Waals surface area contributed by atoms with Crippen molar-refractivity contribution in [3.8, 4) is 0 Å². The zero-order chi connectivity index (χ0) is 24.3. The molecule has 0 aliphatic rings. The number of carbonyl (C=O) groups is 2. The normalized spacial score (nSPS) is 12.4. The molecule has 0 saturated carbocycles. The van der Waals surface area contributed by atoms with E-state index < -0.39 is 33.9 Å². The van der Waals surface area contributed by atoms with Crippen LogP contribution in [-0.2, 0) is 21.2 Å². The van der Waals surface area contributed by atoms with Gasteiger partial charge in [0.05, 0.1) is 4.90 Å². The van der Waals surface area contributed by atoms with Crippen LogP contribution in [0.15, 0.2) is 78.0 Å². The quantitative estimate of drug-likeness (QED) is 0.285. The summed E-state index contributed by atoms with van der Waals surface area (Å²) in [6.45, 7) is 0. The summed E-state index contributed by atoms with van der Waals surface area (Å²) in [6, 6.07) is 13.4. The van der Waals surface area contributed by atoms with E-state index in [1.54, 1.807) is 6.20 Å². The Hall–Kier alpha value is -4.09. The molecule has 0 radical (unpaired) electrons. The predicted molar refractivity (Wildman–Crippen MR) is 122 cm³/mol. The van der Waals surface area contributed by atoms with E-state index in [0.29, 0.717) is 5.56 Å². The first-order chi connectivity index (χ1) is 16.2. The molecule has 2 aromatic carbocycles. The van der Waals surface area contributed by atoms with Crippen LogP contribution in [0.1, 0.15) is 15.9 Å². The molecule has 0 bridgehead atoms. The van der Waals surface area contributed by atoms with E-state index in [1.165, 1.54) is 30.3 Å². The number of nitrogens with zero attached hydrogens (tertiary/aromatic N) is 1. The number of aromatic nitrogens is 2. The fourth-order valence-electron chi connectivity index (χ4n) is 3.42. The second-order valence-corrected chi connectivity index (χ2v) is 9.14. The second kappa shape index (κ2) is 9.41. The fourth-order valence-corrected chi connectivity index (χ4v) is 4.61. The maximum absolute atomic E-state index is 13.2. The number of aromatic amines is 1. The lowest BCUT2D eigenvalue weighted by Crippen LogP contribution is -2.42. The maximum Gasteiger partial charge on any atom is 0.322 e. The van der Waals surface area contributed by atoms with Crippen molar-refractivity contribution in [2.24, 2.45) is 0 Å². The summed E-state index contributed by atoms with van der Waals surface area (Å²) in [5.74, 6) is -2.72. The van der Waals surface area contributed by atoms with Crippen LogP contribution in [-0.4, -0.2) is 41.4 Å². The zero-order valence-corrected chi connectivity index (χ0v) is 18.3. The molecule has 0 spiro atoms. The minimum absolute atomic E-state index is 0.0486. The largest absolute Gasteiger partial charge is 0.480 e. The van der Waals surface area contributed by atoms with E-state index in [9.17, 15) is 27.5 Å². The molecular weight excluding hydrogens is 463 g/mol. The highest BCUT2D eigenvalue weighted by atomic mass is 32.2. The SMILES string of the molecule is O=C(Nc1ccc(S(=O)(=O)N[C@H](Cc2c[nH]c3ccccc23)C(=O)O)cc1)c1ccnc(F)c1. The Morgan fingerprint density at radius 1 is 1.09 bits per heavy atom. The molecule has 4 aromatic rings. The number of benzene rings is 2. The Bertz CT molecular complexity index is 1470. The molecule has 174 valence electrons. The van der Waals surface area contributed by atoms with Crippen molar-refractivity contribution in [2.45, 2.75) is 17.4 Å². The topological polar surface area (TPSA) is 141 Å². The third kappa shape index (κ3) is 5.11. The van der Waals surface area contributed by atoms with Gasteiger partial charge in [-0.25, -0.2) is 13.4 Å². The molecule has 0 unspecified atom stereocenters. The van der Waals surface area contributed by atoms with Crippen molar-refractivity contribution in [2.75, 3.05) is 5.32 Å². The average Bonchev–Trinajstić information content (AvgIpc) is 3.22. The van der Waals surface area contributed by atoms with Crippen LogP contribution in [0.3, 0.4) is 0 Å². The Labute approximate surface area is 193 Å². The number of nitrogens with one attached hydrogen (secondary N) is 3. The predicted octanol–water partition coefficient (Wildman–Crippen LogP) is 2.93. The van der Waals surface area contributed by atoms with Crippen molar-refractivity contribution in [3.63, 3.8) is 0 Å². The van der Waals surface area contributed by atoms with E-state index in [2.05, 4.69) is 20.0 Å². The number of sulfonamides is 1. The van der Waals surface area contributed by atoms with E-state index in [-0.39, 0.29) is 22.6 Å². The molecule has 1 amide bonds. The van der Waals surface area contributed by atoms with Gasteiger partial charge in [0.2, 0.25) is 16.0 Å². The molecule has 1 atom stereocenters. The van der Waals surface area contributed by atoms with Crippen LogP contribution in [0.5, 0.6) is 0 Å². The third-order valence-electron chi connectivity index (χ3n) is 5.11. The van der Waals surface area contributed by atoms with Gasteiger partial charge in [-0.05, 0) is 42.0 Å². The molecule has 2 heterocycles. The number of aliphatic carboxylic acids is 1. The smallest absolute Gasteiger partial charge is 0.322 e. The first-order valence-electron chi connectivity index (χ1n) is 10.1. The summed E-state index contributed by atoms with van der Waals surface area (Å²) in [6.07, 6.45) is 2.75. The van der Waals surface area contributed by atoms with Crippen LogP contribution in [0.25, 0.3) is 10.9 Å². The second-order valence-electron chi connectivity index (χ2n) is 7.42. The van der Waals surface area contributed by atoms with Gasteiger partial charge in [-0.1, -0.05) is 18.2 Å². The highest BCUT2D eigenvalue weighted by Crippen LogP contribution is 2.21. The number of pyridine rings is 1. The number of hydrogen-bond acceptors (Lipinski definition) is 5. The molecular formula is C23H19FN4O5S. The first kappa shape index (κ1) is 23.1. The molecule has 2 aromatic heterocycles. The van der Waals surface area contributed by atoms with Gasteiger partial charge < -0.3 is 15.4 Å².